The van der Waals surface area contributed by atoms with Crippen LogP contribution >= 0.6 is 0 Å². The Kier molecular flexibility index (Phi) is 4.78. The van der Waals surface area contributed by atoms with Gasteiger partial charge in [-0.15, -0.1) is 0 Å². The molecule has 0 aromatic heterocycles. The molecule has 1 rings (SSSR count). The van der Waals surface area contributed by atoms with Crippen molar-refractivity contribution in [3.8, 4) is 6.07 Å². The monoisotopic (exact) mass is 274 g/mol. The van der Waals surface area contributed by atoms with Crippen molar-refractivity contribution in [1.82, 2.24) is 5.32 Å². The number of nitrogens with one attached hydrogen (secondary N) is 1. The summed E-state index contributed by atoms with van der Waals surface area (Å²) in [7, 11) is 0. The zero-order valence-corrected chi connectivity index (χ0v) is 12.8. The van der Waals surface area contributed by atoms with Gasteiger partial charge in [-0.05, 0) is 58.7 Å². The van der Waals surface area contributed by atoms with E-state index in [1.807, 2.05) is 52.8 Å². The summed E-state index contributed by atoms with van der Waals surface area (Å²) >= 11 is 0. The highest BCUT2D eigenvalue weighted by molar-refractivity contribution is 5.68. The fourth-order valence-electron chi connectivity index (χ4n) is 1.89. The number of hydrogen-bond acceptors (Lipinski definition) is 3. The zero-order chi connectivity index (χ0) is 15.4. The third kappa shape index (κ3) is 5.75. The highest BCUT2D eigenvalue weighted by atomic mass is 16.6. The van der Waals surface area contributed by atoms with E-state index in [2.05, 4.69) is 11.4 Å². The molecule has 0 radical (unpaired) electrons. The molecule has 0 aliphatic heterocycles. The minimum atomic E-state index is -0.513. The lowest BCUT2D eigenvalue weighted by Crippen LogP contribution is -2.47. The number of alkyl carbamates (subject to hydrolysis) is 1. The predicted molar refractivity (Wildman–Crippen MR) is 78.3 cm³/mol. The molecule has 0 spiro atoms. The summed E-state index contributed by atoms with van der Waals surface area (Å²) < 4.78 is 5.25. The Bertz CT molecular complexity index is 522. The van der Waals surface area contributed by atoms with Gasteiger partial charge in [0.1, 0.15) is 5.60 Å². The van der Waals surface area contributed by atoms with Crippen molar-refractivity contribution in [2.24, 2.45) is 0 Å². The van der Waals surface area contributed by atoms with Crippen molar-refractivity contribution < 1.29 is 9.53 Å². The Hall–Kier alpha value is -2.02. The SMILES string of the molecule is CC(C)(Cc1cccc(C#N)c1)NC(=O)OC(C)(C)C. The minimum Gasteiger partial charge on any atom is -0.444 e. The van der Waals surface area contributed by atoms with Crippen LogP contribution in [0.3, 0.4) is 0 Å². The lowest BCUT2D eigenvalue weighted by atomic mass is 9.94. The van der Waals surface area contributed by atoms with E-state index in [4.69, 9.17) is 10.00 Å². The molecule has 0 fully saturated rings. The van der Waals surface area contributed by atoms with Crippen LogP contribution in [0, 0.1) is 11.3 Å². The van der Waals surface area contributed by atoms with E-state index in [9.17, 15) is 4.79 Å². The predicted octanol–water partition coefficient (Wildman–Crippen LogP) is 3.40. The smallest absolute Gasteiger partial charge is 0.408 e. The molecule has 0 aliphatic rings. The van der Waals surface area contributed by atoms with Gasteiger partial charge in [0, 0.05) is 5.54 Å². The van der Waals surface area contributed by atoms with Gasteiger partial charge in [-0.1, -0.05) is 12.1 Å². The lowest BCUT2D eigenvalue weighted by Gasteiger charge is -2.28. The van der Waals surface area contributed by atoms with Crippen molar-refractivity contribution in [2.75, 3.05) is 0 Å². The summed E-state index contributed by atoms with van der Waals surface area (Å²) in [6, 6.07) is 9.49. The van der Waals surface area contributed by atoms with Gasteiger partial charge >= 0.3 is 6.09 Å². The zero-order valence-electron chi connectivity index (χ0n) is 12.8. The number of rotatable bonds is 3. The molecule has 0 heterocycles. The van der Waals surface area contributed by atoms with E-state index in [-0.39, 0.29) is 0 Å². The molecule has 0 saturated carbocycles. The molecule has 0 unspecified atom stereocenters. The van der Waals surface area contributed by atoms with Crippen LogP contribution in [-0.2, 0) is 11.2 Å². The van der Waals surface area contributed by atoms with E-state index in [1.54, 1.807) is 6.07 Å². The van der Waals surface area contributed by atoms with Gasteiger partial charge < -0.3 is 10.1 Å². The first kappa shape index (κ1) is 16.0. The van der Waals surface area contributed by atoms with Crippen LogP contribution in [0.5, 0.6) is 0 Å². The lowest BCUT2D eigenvalue weighted by molar-refractivity contribution is 0.0472. The van der Waals surface area contributed by atoms with E-state index in [0.29, 0.717) is 12.0 Å². The molecule has 0 atom stereocenters. The van der Waals surface area contributed by atoms with Crippen LogP contribution in [0.1, 0.15) is 45.7 Å². The first-order valence-electron chi connectivity index (χ1n) is 6.61. The van der Waals surface area contributed by atoms with Gasteiger partial charge in [-0.3, -0.25) is 0 Å². The maximum absolute atomic E-state index is 11.8. The van der Waals surface area contributed by atoms with Crippen LogP contribution in [0.15, 0.2) is 24.3 Å². The molecular formula is C16H22N2O2. The Balaban J connectivity index is 2.69. The standard InChI is InChI=1S/C16H22N2O2/c1-15(2,3)20-14(19)18-16(4,5)10-12-7-6-8-13(9-12)11-17/h6-9H,10H2,1-5H3,(H,18,19). The molecule has 0 saturated heterocycles. The molecule has 4 nitrogen and oxygen atoms in total. The molecule has 1 N–H and O–H groups in total. The third-order valence-corrected chi connectivity index (χ3v) is 2.54. The van der Waals surface area contributed by atoms with E-state index in [1.165, 1.54) is 0 Å². The van der Waals surface area contributed by atoms with Crippen LogP contribution in [0.2, 0.25) is 0 Å². The fourth-order valence-corrected chi connectivity index (χ4v) is 1.89. The van der Waals surface area contributed by atoms with Crippen molar-refractivity contribution >= 4 is 6.09 Å². The van der Waals surface area contributed by atoms with Gasteiger partial charge in [-0.2, -0.15) is 5.26 Å². The average molecular weight is 274 g/mol. The molecule has 0 bridgehead atoms. The first-order chi connectivity index (χ1) is 9.11. The van der Waals surface area contributed by atoms with Gasteiger partial charge in [0.05, 0.1) is 11.6 Å². The Labute approximate surface area is 120 Å². The quantitative estimate of drug-likeness (QED) is 0.918. The van der Waals surface area contributed by atoms with Crippen LogP contribution in [0.25, 0.3) is 0 Å². The number of hydrogen-bond donors (Lipinski definition) is 1. The normalized spacial score (nSPS) is 11.6. The van der Waals surface area contributed by atoms with Gasteiger partial charge in [0.2, 0.25) is 0 Å². The largest absolute Gasteiger partial charge is 0.444 e. The Morgan fingerprint density at radius 1 is 1.30 bits per heavy atom. The summed E-state index contributed by atoms with van der Waals surface area (Å²) in [5, 5.41) is 11.7. The van der Waals surface area contributed by atoms with E-state index in [0.717, 1.165) is 5.56 Å². The van der Waals surface area contributed by atoms with Crippen LogP contribution < -0.4 is 5.32 Å². The van der Waals surface area contributed by atoms with Gasteiger partial charge in [-0.25, -0.2) is 4.79 Å². The van der Waals surface area contributed by atoms with E-state index >= 15 is 0 Å². The topological polar surface area (TPSA) is 62.1 Å². The van der Waals surface area contributed by atoms with E-state index < -0.39 is 17.2 Å². The number of carbonyl (C=O) groups excluding carboxylic acids is 1. The maximum atomic E-state index is 11.8. The van der Waals surface area contributed by atoms with Crippen LogP contribution in [0.4, 0.5) is 4.79 Å². The second-order valence-corrected chi connectivity index (χ2v) is 6.50. The molecular weight excluding hydrogens is 252 g/mol. The molecule has 1 aromatic rings. The second kappa shape index (κ2) is 5.96. The summed E-state index contributed by atoms with van der Waals surface area (Å²) in [5.41, 5.74) is 0.665. The molecule has 0 aliphatic carbocycles. The average Bonchev–Trinajstić information content (AvgIpc) is 2.24. The number of carbonyl (C=O) groups is 1. The van der Waals surface area contributed by atoms with Gasteiger partial charge in [0.15, 0.2) is 0 Å². The number of benzene rings is 1. The van der Waals surface area contributed by atoms with Crippen molar-refractivity contribution in [3.63, 3.8) is 0 Å². The summed E-state index contributed by atoms with van der Waals surface area (Å²) in [5.74, 6) is 0. The highest BCUT2D eigenvalue weighted by Gasteiger charge is 2.24. The summed E-state index contributed by atoms with van der Waals surface area (Å²) in [6.45, 7) is 9.34. The second-order valence-electron chi connectivity index (χ2n) is 6.50. The van der Waals surface area contributed by atoms with Crippen molar-refractivity contribution in [1.29, 1.82) is 5.26 Å². The Morgan fingerprint density at radius 2 is 1.95 bits per heavy atom. The number of ether oxygens (including phenoxy) is 1. The number of nitriles is 1. The summed E-state index contributed by atoms with van der Waals surface area (Å²) in [4.78, 5) is 11.8. The number of amides is 1. The Morgan fingerprint density at radius 3 is 2.50 bits per heavy atom. The van der Waals surface area contributed by atoms with Crippen LogP contribution in [-0.4, -0.2) is 17.2 Å². The maximum Gasteiger partial charge on any atom is 0.408 e. The molecule has 1 aromatic carbocycles. The minimum absolute atomic E-state index is 0.432. The molecule has 1 amide bonds. The fraction of sp³-hybridized carbons (Fsp3) is 0.500. The third-order valence-electron chi connectivity index (χ3n) is 2.54. The molecule has 108 valence electrons. The van der Waals surface area contributed by atoms with Crippen molar-refractivity contribution in [3.05, 3.63) is 35.4 Å². The highest BCUT2D eigenvalue weighted by Crippen LogP contribution is 2.15. The van der Waals surface area contributed by atoms with Gasteiger partial charge in [0.25, 0.3) is 0 Å². The number of nitrogens with zero attached hydrogens (tertiary/aromatic N) is 1. The molecule has 4 heteroatoms. The molecule has 20 heavy (non-hydrogen) atoms. The van der Waals surface area contributed by atoms with Crippen molar-refractivity contribution in [2.45, 2.75) is 52.2 Å². The summed E-state index contributed by atoms with van der Waals surface area (Å²) in [6.07, 6.45) is 0.195. The first-order valence-corrected chi connectivity index (χ1v) is 6.61.